The van der Waals surface area contributed by atoms with Crippen LogP contribution in [0.1, 0.15) is 41.6 Å². The Morgan fingerprint density at radius 3 is 1.72 bits per heavy atom. The third-order valence-electron chi connectivity index (χ3n) is 6.11. The molecule has 1 aliphatic carbocycles. The molecule has 0 aromatic heterocycles. The van der Waals surface area contributed by atoms with Gasteiger partial charge in [0, 0.05) is 18.4 Å². The Hall–Kier alpha value is -2.91. The van der Waals surface area contributed by atoms with E-state index in [0.29, 0.717) is 0 Å². The number of ether oxygens (including phenoxy) is 1. The van der Waals surface area contributed by atoms with Crippen molar-refractivity contribution in [1.29, 1.82) is 0 Å². The zero-order valence-electron chi connectivity index (χ0n) is 16.5. The van der Waals surface area contributed by atoms with Gasteiger partial charge in [-0.25, -0.2) is 0 Å². The van der Waals surface area contributed by atoms with Crippen molar-refractivity contribution < 1.29 is 14.6 Å². The summed E-state index contributed by atoms with van der Waals surface area (Å²) < 4.78 is 5.92. The first-order valence-corrected chi connectivity index (χ1v) is 10.2. The first-order valence-electron chi connectivity index (χ1n) is 10.2. The Balaban J connectivity index is 1.64. The molecule has 29 heavy (non-hydrogen) atoms. The fraction of sp³-hybridized carbons (Fsp3) is 0.269. The Bertz CT molecular complexity index is 876. The van der Waals surface area contributed by atoms with Gasteiger partial charge in [0.1, 0.15) is 6.10 Å². The fourth-order valence-electron chi connectivity index (χ4n) is 4.66. The van der Waals surface area contributed by atoms with Gasteiger partial charge in [-0.15, -0.1) is 0 Å². The molecule has 0 saturated heterocycles. The SMILES string of the molecule is C[C@H](OC(=O)[C@H]1[C@H](c2ccccc2)[C@@H](CO)[C@H]1c1ccccc1)c1ccccc1. The van der Waals surface area contributed by atoms with E-state index in [9.17, 15) is 9.90 Å². The second-order valence-corrected chi connectivity index (χ2v) is 7.73. The van der Waals surface area contributed by atoms with Gasteiger partial charge in [-0.2, -0.15) is 0 Å². The number of carbonyl (C=O) groups excluding carboxylic acids is 1. The maximum Gasteiger partial charge on any atom is 0.310 e. The summed E-state index contributed by atoms with van der Waals surface area (Å²) in [4.78, 5) is 13.3. The largest absolute Gasteiger partial charge is 0.458 e. The fourth-order valence-corrected chi connectivity index (χ4v) is 4.66. The van der Waals surface area contributed by atoms with Gasteiger partial charge in [0.25, 0.3) is 0 Å². The van der Waals surface area contributed by atoms with E-state index in [1.165, 1.54) is 0 Å². The van der Waals surface area contributed by atoms with Gasteiger partial charge in [-0.3, -0.25) is 4.79 Å². The summed E-state index contributed by atoms with van der Waals surface area (Å²) in [5.74, 6) is -0.634. The highest BCUT2D eigenvalue weighted by molar-refractivity contribution is 5.77. The monoisotopic (exact) mass is 386 g/mol. The van der Waals surface area contributed by atoms with Crippen LogP contribution in [0.5, 0.6) is 0 Å². The molecule has 3 aromatic rings. The Morgan fingerprint density at radius 1 is 0.828 bits per heavy atom. The lowest BCUT2D eigenvalue weighted by Gasteiger charge is -2.50. The summed E-state index contributed by atoms with van der Waals surface area (Å²) in [6.45, 7) is 1.95. The molecule has 0 aliphatic heterocycles. The predicted octanol–water partition coefficient (Wildman–Crippen LogP) is 5.10. The van der Waals surface area contributed by atoms with Crippen molar-refractivity contribution >= 4 is 5.97 Å². The molecule has 1 N–H and O–H groups in total. The third-order valence-corrected chi connectivity index (χ3v) is 6.11. The van der Waals surface area contributed by atoms with Crippen molar-refractivity contribution in [3.05, 3.63) is 108 Å². The molecule has 0 amide bonds. The predicted molar refractivity (Wildman–Crippen MR) is 113 cm³/mol. The molecule has 3 nitrogen and oxygen atoms in total. The minimum absolute atomic E-state index is 0.00983. The van der Waals surface area contributed by atoms with Crippen LogP contribution in [0, 0.1) is 11.8 Å². The number of hydrogen-bond acceptors (Lipinski definition) is 3. The highest BCUT2D eigenvalue weighted by Gasteiger charge is 2.55. The van der Waals surface area contributed by atoms with Crippen molar-refractivity contribution in [3.63, 3.8) is 0 Å². The standard InChI is InChI=1S/C26H26O3/c1-18(19-11-5-2-6-12-19)29-26(28)25-23(20-13-7-3-8-14-20)22(17-27)24(25)21-15-9-4-10-16-21/h2-16,18,22-25,27H,17H2,1H3/t18-,22-,23+,24+,25+/m0/s1. The van der Waals surface area contributed by atoms with Gasteiger partial charge < -0.3 is 9.84 Å². The maximum absolute atomic E-state index is 13.3. The Morgan fingerprint density at radius 2 is 1.28 bits per heavy atom. The van der Waals surface area contributed by atoms with E-state index in [0.717, 1.165) is 16.7 Å². The van der Waals surface area contributed by atoms with Crippen LogP contribution in [0.15, 0.2) is 91.0 Å². The van der Waals surface area contributed by atoms with Crippen LogP contribution in [-0.4, -0.2) is 17.7 Å². The second kappa shape index (κ2) is 8.62. The number of benzene rings is 3. The molecule has 3 atom stereocenters. The van der Waals surface area contributed by atoms with Crippen LogP contribution in [0.4, 0.5) is 0 Å². The summed E-state index contributed by atoms with van der Waals surface area (Å²) in [7, 11) is 0. The molecule has 4 rings (SSSR count). The molecule has 1 fully saturated rings. The van der Waals surface area contributed by atoms with Crippen molar-refractivity contribution in [2.24, 2.45) is 11.8 Å². The van der Waals surface area contributed by atoms with Crippen LogP contribution < -0.4 is 0 Å². The third kappa shape index (κ3) is 3.83. The molecule has 3 heteroatoms. The summed E-state index contributed by atoms with van der Waals surface area (Å²) in [6, 6.07) is 29.8. The molecule has 1 aliphatic rings. The van der Waals surface area contributed by atoms with Crippen LogP contribution in [0.3, 0.4) is 0 Å². The van der Waals surface area contributed by atoms with Crippen molar-refractivity contribution in [2.45, 2.75) is 24.9 Å². The molecule has 1 saturated carbocycles. The van der Waals surface area contributed by atoms with Gasteiger partial charge in [0.05, 0.1) is 5.92 Å². The molecule has 148 valence electrons. The highest BCUT2D eigenvalue weighted by Crippen LogP contribution is 2.57. The Kier molecular flexibility index (Phi) is 5.77. The number of carbonyl (C=O) groups is 1. The average molecular weight is 386 g/mol. The molecular weight excluding hydrogens is 360 g/mol. The van der Waals surface area contributed by atoms with E-state index in [4.69, 9.17) is 4.74 Å². The first kappa shape index (κ1) is 19.4. The number of aliphatic hydroxyl groups is 1. The zero-order valence-corrected chi connectivity index (χ0v) is 16.5. The highest BCUT2D eigenvalue weighted by atomic mass is 16.5. The number of aliphatic hydroxyl groups excluding tert-OH is 1. The molecule has 0 radical (unpaired) electrons. The minimum Gasteiger partial charge on any atom is -0.458 e. The minimum atomic E-state index is -0.317. The van der Waals surface area contributed by atoms with Gasteiger partial charge in [0.2, 0.25) is 0 Å². The number of hydrogen-bond donors (Lipinski definition) is 1. The second-order valence-electron chi connectivity index (χ2n) is 7.73. The lowest BCUT2D eigenvalue weighted by atomic mass is 9.53. The first-order chi connectivity index (χ1) is 14.2. The van der Waals surface area contributed by atoms with E-state index in [1.54, 1.807) is 0 Å². The van der Waals surface area contributed by atoms with Gasteiger partial charge in [-0.1, -0.05) is 91.0 Å². The van der Waals surface area contributed by atoms with Crippen LogP contribution >= 0.6 is 0 Å². The summed E-state index contributed by atoms with van der Waals surface area (Å²) >= 11 is 0. The normalized spacial score (nSPS) is 24.3. The van der Waals surface area contributed by atoms with Crippen molar-refractivity contribution in [1.82, 2.24) is 0 Å². The van der Waals surface area contributed by atoms with E-state index in [2.05, 4.69) is 0 Å². The quantitative estimate of drug-likeness (QED) is 0.600. The molecule has 0 heterocycles. The molecular formula is C26H26O3. The lowest BCUT2D eigenvalue weighted by molar-refractivity contribution is -0.163. The van der Waals surface area contributed by atoms with Crippen molar-refractivity contribution in [2.75, 3.05) is 6.61 Å². The van der Waals surface area contributed by atoms with Crippen LogP contribution in [0.25, 0.3) is 0 Å². The number of esters is 1. The van der Waals surface area contributed by atoms with Gasteiger partial charge in [-0.05, 0) is 29.5 Å². The van der Waals surface area contributed by atoms with Gasteiger partial charge >= 0.3 is 5.97 Å². The molecule has 3 aromatic carbocycles. The Labute approximate surface area is 172 Å². The maximum atomic E-state index is 13.3. The zero-order chi connectivity index (χ0) is 20.2. The smallest absolute Gasteiger partial charge is 0.310 e. The van der Waals surface area contributed by atoms with Gasteiger partial charge in [0.15, 0.2) is 0 Å². The van der Waals surface area contributed by atoms with E-state index < -0.39 is 0 Å². The average Bonchev–Trinajstić information content (AvgIpc) is 2.75. The van der Waals surface area contributed by atoms with E-state index in [1.807, 2.05) is 97.9 Å². The van der Waals surface area contributed by atoms with Crippen molar-refractivity contribution in [3.8, 4) is 0 Å². The summed E-state index contributed by atoms with van der Waals surface area (Å²) in [5, 5.41) is 10.2. The van der Waals surface area contributed by atoms with E-state index in [-0.39, 0.29) is 42.4 Å². The molecule has 0 bridgehead atoms. The summed E-state index contributed by atoms with van der Waals surface area (Å²) in [5.41, 5.74) is 3.13. The molecule has 0 unspecified atom stereocenters. The molecule has 0 spiro atoms. The van der Waals surface area contributed by atoms with Crippen LogP contribution in [0.2, 0.25) is 0 Å². The lowest BCUT2D eigenvalue weighted by Crippen LogP contribution is -2.49. The van der Waals surface area contributed by atoms with E-state index >= 15 is 0 Å². The topological polar surface area (TPSA) is 46.5 Å². The van der Waals surface area contributed by atoms with Crippen LogP contribution in [-0.2, 0) is 9.53 Å². The number of rotatable bonds is 6. The summed E-state index contributed by atoms with van der Waals surface area (Å²) in [6.07, 6.45) is -0.315.